The molecule has 4 atom stereocenters. The maximum Gasteiger partial charge on any atom is 0.0623 e. The maximum atomic E-state index is 5.69. The fourth-order valence-electron chi connectivity index (χ4n) is 4.84. The average molecular weight is 329 g/mol. The second-order valence-electron chi connectivity index (χ2n) is 7.67. The van der Waals surface area contributed by atoms with E-state index in [4.69, 9.17) is 4.74 Å². The van der Waals surface area contributed by atoms with Gasteiger partial charge in [0.2, 0.25) is 0 Å². The van der Waals surface area contributed by atoms with Crippen LogP contribution in [0.4, 0.5) is 5.69 Å². The summed E-state index contributed by atoms with van der Waals surface area (Å²) >= 11 is 0. The van der Waals surface area contributed by atoms with Gasteiger partial charge in [-0.15, -0.1) is 0 Å². The van der Waals surface area contributed by atoms with Crippen molar-refractivity contribution in [1.82, 2.24) is 10.6 Å². The van der Waals surface area contributed by atoms with Gasteiger partial charge in [0.1, 0.15) is 0 Å². The van der Waals surface area contributed by atoms with Gasteiger partial charge in [-0.2, -0.15) is 0 Å². The zero-order valence-electron chi connectivity index (χ0n) is 14.8. The van der Waals surface area contributed by atoms with E-state index in [-0.39, 0.29) is 0 Å². The van der Waals surface area contributed by atoms with Crippen LogP contribution in [0.2, 0.25) is 0 Å². The van der Waals surface area contributed by atoms with Gasteiger partial charge in [-0.05, 0) is 43.7 Å². The van der Waals surface area contributed by atoms with Crippen molar-refractivity contribution in [2.75, 3.05) is 37.7 Å². The Kier molecular flexibility index (Phi) is 5.06. The van der Waals surface area contributed by atoms with Crippen molar-refractivity contribution in [3.8, 4) is 0 Å². The van der Waals surface area contributed by atoms with Crippen LogP contribution in [0.25, 0.3) is 0 Å². The topological polar surface area (TPSA) is 36.5 Å². The van der Waals surface area contributed by atoms with Gasteiger partial charge in [0, 0.05) is 43.4 Å². The molecule has 2 heterocycles. The summed E-state index contributed by atoms with van der Waals surface area (Å²) in [5, 5.41) is 7.57. The van der Waals surface area contributed by atoms with E-state index < -0.39 is 0 Å². The first-order valence-electron chi connectivity index (χ1n) is 9.72. The zero-order chi connectivity index (χ0) is 16.4. The average Bonchev–Trinajstić information content (AvgIpc) is 3.27. The fourth-order valence-corrected chi connectivity index (χ4v) is 4.84. The quantitative estimate of drug-likeness (QED) is 0.868. The monoisotopic (exact) mass is 329 g/mol. The lowest BCUT2D eigenvalue weighted by Gasteiger charge is -2.34. The van der Waals surface area contributed by atoms with Crippen LogP contribution in [0.15, 0.2) is 24.3 Å². The summed E-state index contributed by atoms with van der Waals surface area (Å²) in [7, 11) is 0. The van der Waals surface area contributed by atoms with E-state index in [1.54, 1.807) is 0 Å². The highest BCUT2D eigenvalue weighted by molar-refractivity contribution is 5.58. The Bertz CT molecular complexity index is 543. The molecule has 0 amide bonds. The van der Waals surface area contributed by atoms with Gasteiger partial charge < -0.3 is 20.3 Å². The molecule has 0 aromatic heterocycles. The van der Waals surface area contributed by atoms with Crippen molar-refractivity contribution >= 4 is 5.69 Å². The van der Waals surface area contributed by atoms with Gasteiger partial charge in [-0.25, -0.2) is 0 Å². The smallest absolute Gasteiger partial charge is 0.0623 e. The van der Waals surface area contributed by atoms with Gasteiger partial charge in [-0.3, -0.25) is 0 Å². The third-order valence-corrected chi connectivity index (χ3v) is 6.17. The van der Waals surface area contributed by atoms with E-state index in [1.807, 2.05) is 0 Å². The number of morpholine rings is 1. The van der Waals surface area contributed by atoms with Crippen LogP contribution in [-0.4, -0.2) is 51.0 Å². The van der Waals surface area contributed by atoms with Gasteiger partial charge in [-0.1, -0.05) is 24.6 Å². The molecule has 2 fully saturated rings. The maximum absolute atomic E-state index is 5.69. The van der Waals surface area contributed by atoms with Crippen LogP contribution in [0.1, 0.15) is 31.7 Å². The lowest BCUT2D eigenvalue weighted by Crippen LogP contribution is -2.52. The Labute approximate surface area is 145 Å². The number of hydrogen-bond donors (Lipinski definition) is 2. The van der Waals surface area contributed by atoms with E-state index in [9.17, 15) is 0 Å². The molecule has 0 bridgehead atoms. The second-order valence-corrected chi connectivity index (χ2v) is 7.67. The molecule has 4 unspecified atom stereocenters. The molecule has 4 nitrogen and oxygen atoms in total. The Balaban J connectivity index is 1.33. The summed E-state index contributed by atoms with van der Waals surface area (Å²) in [5.74, 6) is 0.725. The SMILES string of the molecule is CC(CNC1CCCC1C1COCCN1)N1CCc2ccccc21. The van der Waals surface area contributed by atoms with Crippen LogP contribution in [0.3, 0.4) is 0 Å². The highest BCUT2D eigenvalue weighted by Gasteiger charge is 2.35. The molecule has 0 spiro atoms. The van der Waals surface area contributed by atoms with E-state index in [2.05, 4.69) is 46.7 Å². The summed E-state index contributed by atoms with van der Waals surface area (Å²) in [4.78, 5) is 2.58. The van der Waals surface area contributed by atoms with E-state index in [0.29, 0.717) is 18.1 Å². The summed E-state index contributed by atoms with van der Waals surface area (Å²) in [6.07, 6.45) is 5.18. The van der Waals surface area contributed by atoms with Crippen LogP contribution in [0.5, 0.6) is 0 Å². The molecule has 2 aliphatic heterocycles. The summed E-state index contributed by atoms with van der Waals surface area (Å²) in [5.41, 5.74) is 2.95. The van der Waals surface area contributed by atoms with Gasteiger partial charge in [0.25, 0.3) is 0 Å². The number of anilines is 1. The molecule has 4 heteroatoms. The number of fused-ring (bicyclic) bond motifs is 1. The van der Waals surface area contributed by atoms with Gasteiger partial charge in [0.15, 0.2) is 0 Å². The van der Waals surface area contributed by atoms with Crippen LogP contribution < -0.4 is 15.5 Å². The van der Waals surface area contributed by atoms with Crippen molar-refractivity contribution in [3.05, 3.63) is 29.8 Å². The molecule has 3 aliphatic rings. The Morgan fingerprint density at radius 3 is 3.12 bits per heavy atom. The highest BCUT2D eigenvalue weighted by Crippen LogP contribution is 2.31. The minimum Gasteiger partial charge on any atom is -0.379 e. The molecular formula is C20H31N3O. The number of para-hydroxylation sites is 1. The number of nitrogens with one attached hydrogen (secondary N) is 2. The first-order valence-corrected chi connectivity index (χ1v) is 9.72. The number of nitrogens with zero attached hydrogens (tertiary/aromatic N) is 1. The molecule has 24 heavy (non-hydrogen) atoms. The predicted octanol–water partition coefficient (Wildman–Crippen LogP) is 2.18. The molecule has 1 aromatic rings. The summed E-state index contributed by atoms with van der Waals surface area (Å²) in [6.45, 7) is 7.36. The Hall–Kier alpha value is -1.10. The number of benzene rings is 1. The molecule has 1 aromatic carbocycles. The first kappa shape index (κ1) is 16.4. The molecule has 2 N–H and O–H groups in total. The van der Waals surface area contributed by atoms with Crippen molar-refractivity contribution in [2.24, 2.45) is 5.92 Å². The molecular weight excluding hydrogens is 298 g/mol. The van der Waals surface area contributed by atoms with Crippen LogP contribution >= 0.6 is 0 Å². The minimum absolute atomic E-state index is 0.543. The second kappa shape index (κ2) is 7.42. The largest absolute Gasteiger partial charge is 0.379 e. The number of ether oxygens (including phenoxy) is 1. The molecule has 1 saturated heterocycles. The summed E-state index contributed by atoms with van der Waals surface area (Å²) < 4.78 is 5.69. The predicted molar refractivity (Wildman–Crippen MR) is 98.7 cm³/mol. The van der Waals surface area contributed by atoms with E-state index >= 15 is 0 Å². The molecule has 4 rings (SSSR count). The van der Waals surface area contributed by atoms with Crippen molar-refractivity contribution in [3.63, 3.8) is 0 Å². The third kappa shape index (κ3) is 3.32. The zero-order valence-corrected chi connectivity index (χ0v) is 14.8. The summed E-state index contributed by atoms with van der Waals surface area (Å²) in [6, 6.07) is 10.6. The Morgan fingerprint density at radius 2 is 2.25 bits per heavy atom. The molecule has 1 saturated carbocycles. The molecule has 1 aliphatic carbocycles. The van der Waals surface area contributed by atoms with Gasteiger partial charge >= 0.3 is 0 Å². The van der Waals surface area contributed by atoms with Crippen molar-refractivity contribution < 1.29 is 4.74 Å². The Morgan fingerprint density at radius 1 is 1.33 bits per heavy atom. The first-order chi connectivity index (χ1) is 11.8. The molecule has 132 valence electrons. The lowest BCUT2D eigenvalue weighted by atomic mass is 9.94. The van der Waals surface area contributed by atoms with Crippen LogP contribution in [-0.2, 0) is 11.2 Å². The van der Waals surface area contributed by atoms with Crippen LogP contribution in [0, 0.1) is 5.92 Å². The van der Waals surface area contributed by atoms with E-state index in [1.165, 1.54) is 36.9 Å². The lowest BCUT2D eigenvalue weighted by molar-refractivity contribution is 0.0525. The van der Waals surface area contributed by atoms with Crippen molar-refractivity contribution in [2.45, 2.75) is 50.7 Å². The minimum atomic E-state index is 0.543. The molecule has 0 radical (unpaired) electrons. The fraction of sp³-hybridized carbons (Fsp3) is 0.700. The number of hydrogen-bond acceptors (Lipinski definition) is 4. The highest BCUT2D eigenvalue weighted by atomic mass is 16.5. The van der Waals surface area contributed by atoms with Crippen molar-refractivity contribution in [1.29, 1.82) is 0 Å². The third-order valence-electron chi connectivity index (χ3n) is 6.17. The normalized spacial score (nSPS) is 31.2. The van der Waals surface area contributed by atoms with E-state index in [0.717, 1.165) is 38.8 Å². The van der Waals surface area contributed by atoms with Gasteiger partial charge in [0.05, 0.1) is 13.2 Å². The number of rotatable bonds is 5. The standard InChI is InChI=1S/C20H31N3O/c1-15(23-11-9-16-5-2-3-8-20(16)23)13-22-18-7-4-6-17(18)19-14-24-12-10-21-19/h2-3,5,8,15,17-19,21-22H,4,6-7,9-14H2,1H3.